The van der Waals surface area contributed by atoms with Gasteiger partial charge in [-0.25, -0.2) is 4.79 Å². The summed E-state index contributed by atoms with van der Waals surface area (Å²) in [6.07, 6.45) is -0.587. The van der Waals surface area contributed by atoms with Crippen molar-refractivity contribution in [3.05, 3.63) is 40.2 Å². The van der Waals surface area contributed by atoms with Crippen LogP contribution in [0, 0.1) is 0 Å². The number of carboxylic acids is 2. The predicted octanol–water partition coefficient (Wildman–Crippen LogP) is -1.20. The summed E-state index contributed by atoms with van der Waals surface area (Å²) in [5.41, 5.74) is 6.40. The number of hydrogen-bond donors (Lipinski definition) is 8. The summed E-state index contributed by atoms with van der Waals surface area (Å²) < 4.78 is 0. The minimum atomic E-state index is -1.30. The summed E-state index contributed by atoms with van der Waals surface area (Å²) >= 11 is 0. The topological polar surface area (TPSA) is 212 Å². The number of H-pyrrole nitrogens is 1. The van der Waals surface area contributed by atoms with Gasteiger partial charge in [0.2, 0.25) is 5.95 Å². The summed E-state index contributed by atoms with van der Waals surface area (Å²) in [4.78, 5) is 52.6. The molecule has 0 bridgehead atoms. The SMILES string of the molecule is Nc1nc2c(c(=O)[nH]1)NC(CNc1ccc(C(=O)NC(CCC(=O)O)C(=O)O)cc1)CN2.[CaH2]. The van der Waals surface area contributed by atoms with Gasteiger partial charge >= 0.3 is 49.7 Å². The summed E-state index contributed by atoms with van der Waals surface area (Å²) in [6, 6.07) is 4.93. The Morgan fingerprint density at radius 3 is 2.55 bits per heavy atom. The van der Waals surface area contributed by atoms with Gasteiger partial charge in [-0.3, -0.25) is 19.4 Å². The first-order chi connectivity index (χ1) is 15.2. The van der Waals surface area contributed by atoms with Crippen molar-refractivity contribution in [2.45, 2.75) is 24.9 Å². The fraction of sp³-hybridized carbons (Fsp3) is 0.316. The summed E-state index contributed by atoms with van der Waals surface area (Å²) in [5.74, 6) is -2.64. The van der Waals surface area contributed by atoms with Crippen molar-refractivity contribution in [3.8, 4) is 0 Å². The number of nitrogens with one attached hydrogen (secondary N) is 5. The van der Waals surface area contributed by atoms with Crippen LogP contribution in [0.4, 0.5) is 23.1 Å². The molecule has 1 aliphatic rings. The van der Waals surface area contributed by atoms with Gasteiger partial charge < -0.3 is 37.2 Å². The molecule has 0 radical (unpaired) electrons. The zero-order valence-corrected chi connectivity index (χ0v) is 16.8. The first kappa shape index (κ1) is 26.2. The maximum atomic E-state index is 12.3. The van der Waals surface area contributed by atoms with Crippen LogP contribution in [0.1, 0.15) is 23.2 Å². The Labute approximate surface area is 217 Å². The average Bonchev–Trinajstić information content (AvgIpc) is 2.75. The Balaban J connectivity index is 0.00000385. The maximum absolute atomic E-state index is 12.3. The van der Waals surface area contributed by atoms with E-state index in [-0.39, 0.29) is 73.7 Å². The number of carboxylic acid groups (broad SMARTS) is 2. The standard InChI is InChI=1S/C19H23N7O6.Ca.2H/c20-19-25-15-14(17(30)26-19)23-11(8-22-15)7-21-10-3-1-9(2-4-10)16(29)24-12(18(31)32)5-6-13(27)28;;;/h1-4,11-12,21,23H,5-8H2,(H,24,29)(H,27,28)(H,31,32)(H4,20,22,25,26,30);;;. The fourth-order valence-electron chi connectivity index (χ4n) is 3.10. The molecule has 33 heavy (non-hydrogen) atoms. The van der Waals surface area contributed by atoms with Gasteiger partial charge in [0, 0.05) is 30.8 Å². The third-order valence-electron chi connectivity index (χ3n) is 4.75. The monoisotopic (exact) mass is 487 g/mol. The van der Waals surface area contributed by atoms with E-state index in [1.54, 1.807) is 12.1 Å². The molecule has 3 rings (SSSR count). The van der Waals surface area contributed by atoms with Crippen LogP contribution in [0.3, 0.4) is 0 Å². The van der Waals surface area contributed by atoms with E-state index in [0.717, 1.165) is 0 Å². The van der Waals surface area contributed by atoms with Gasteiger partial charge in [0.1, 0.15) is 11.7 Å². The van der Waals surface area contributed by atoms with E-state index in [4.69, 9.17) is 15.9 Å². The number of hydrogen-bond acceptors (Lipinski definition) is 9. The molecule has 0 spiro atoms. The number of aromatic amines is 1. The molecule has 1 aliphatic heterocycles. The molecule has 13 nitrogen and oxygen atoms in total. The van der Waals surface area contributed by atoms with Gasteiger partial charge in [0.25, 0.3) is 11.5 Å². The van der Waals surface area contributed by atoms with Gasteiger partial charge in [0.05, 0.1) is 6.04 Å². The molecule has 0 aliphatic carbocycles. The third-order valence-corrected chi connectivity index (χ3v) is 4.75. The number of nitrogens with two attached hydrogens (primary N) is 1. The predicted molar refractivity (Wildman–Crippen MR) is 124 cm³/mol. The van der Waals surface area contributed by atoms with E-state index in [9.17, 15) is 19.2 Å². The quantitative estimate of drug-likeness (QED) is 0.197. The molecule has 1 aromatic carbocycles. The van der Waals surface area contributed by atoms with Gasteiger partial charge in [0.15, 0.2) is 5.82 Å². The summed E-state index contributed by atoms with van der Waals surface area (Å²) in [5, 5.41) is 29.5. The molecule has 2 unspecified atom stereocenters. The van der Waals surface area contributed by atoms with Gasteiger partial charge in [-0.1, -0.05) is 0 Å². The third kappa shape index (κ3) is 7.23. The first-order valence-electron chi connectivity index (χ1n) is 9.72. The Morgan fingerprint density at radius 2 is 1.91 bits per heavy atom. The van der Waals surface area contributed by atoms with Gasteiger partial charge in [-0.15, -0.1) is 0 Å². The molecule has 1 aromatic heterocycles. The minimum absolute atomic E-state index is 0. The number of nitrogen functional groups attached to an aromatic ring is 1. The molecular formula is C19H25CaN7O6. The summed E-state index contributed by atoms with van der Waals surface area (Å²) in [6.45, 7) is 0.960. The van der Waals surface area contributed by atoms with E-state index in [0.29, 0.717) is 30.3 Å². The Kier molecular flexibility index (Phi) is 9.32. The number of amides is 1. The molecule has 1 amide bonds. The number of aliphatic carboxylic acids is 2. The van der Waals surface area contributed by atoms with Crippen LogP contribution in [0.5, 0.6) is 0 Å². The van der Waals surface area contributed by atoms with Crippen molar-refractivity contribution in [1.82, 2.24) is 15.3 Å². The molecule has 9 N–H and O–H groups in total. The molecule has 0 saturated heterocycles. The van der Waals surface area contributed by atoms with Crippen LogP contribution in [0.2, 0.25) is 0 Å². The number of benzene rings is 1. The molecule has 0 saturated carbocycles. The van der Waals surface area contributed by atoms with Crippen molar-refractivity contribution < 1.29 is 24.6 Å². The molecular weight excluding hydrogens is 462 g/mol. The number of carbonyl (C=O) groups is 3. The first-order valence-corrected chi connectivity index (χ1v) is 9.72. The van der Waals surface area contributed by atoms with Crippen LogP contribution in [0.15, 0.2) is 29.1 Å². The Hall–Kier alpha value is -3.03. The van der Waals surface area contributed by atoms with Crippen LogP contribution in [-0.4, -0.2) is 101 Å². The normalized spacial score (nSPS) is 15.0. The van der Waals surface area contributed by atoms with E-state index >= 15 is 0 Å². The van der Waals surface area contributed by atoms with Crippen LogP contribution < -0.4 is 32.6 Å². The second kappa shape index (κ2) is 11.7. The van der Waals surface area contributed by atoms with E-state index in [2.05, 4.69) is 31.2 Å². The number of carbonyl (C=O) groups excluding carboxylic acids is 1. The molecule has 2 atom stereocenters. The molecule has 2 aromatic rings. The second-order valence-corrected chi connectivity index (χ2v) is 7.15. The van der Waals surface area contributed by atoms with Gasteiger partial charge in [-0.05, 0) is 30.7 Å². The number of aromatic nitrogens is 2. The van der Waals surface area contributed by atoms with Crippen molar-refractivity contribution in [2.24, 2.45) is 0 Å². The zero-order chi connectivity index (χ0) is 23.3. The molecule has 2 heterocycles. The Bertz CT molecular complexity index is 1080. The second-order valence-electron chi connectivity index (χ2n) is 7.15. The van der Waals surface area contributed by atoms with E-state index in [1.807, 2.05) is 0 Å². The fourth-order valence-corrected chi connectivity index (χ4v) is 3.10. The van der Waals surface area contributed by atoms with Crippen molar-refractivity contribution in [3.63, 3.8) is 0 Å². The van der Waals surface area contributed by atoms with Crippen LogP contribution in [-0.2, 0) is 9.59 Å². The molecule has 0 fully saturated rings. The van der Waals surface area contributed by atoms with Crippen molar-refractivity contribution in [1.29, 1.82) is 0 Å². The van der Waals surface area contributed by atoms with E-state index in [1.165, 1.54) is 12.1 Å². The Morgan fingerprint density at radius 1 is 1.21 bits per heavy atom. The molecule has 14 heteroatoms. The average molecular weight is 488 g/mol. The van der Waals surface area contributed by atoms with Crippen molar-refractivity contribution in [2.75, 3.05) is 34.8 Å². The number of anilines is 4. The number of nitrogens with zero attached hydrogens (tertiary/aromatic N) is 1. The van der Waals surface area contributed by atoms with Crippen LogP contribution in [0.25, 0.3) is 0 Å². The number of fused-ring (bicyclic) bond motifs is 1. The molecule has 174 valence electrons. The van der Waals surface area contributed by atoms with E-state index < -0.39 is 23.9 Å². The zero-order valence-electron chi connectivity index (χ0n) is 16.8. The van der Waals surface area contributed by atoms with Gasteiger partial charge in [-0.2, -0.15) is 4.98 Å². The van der Waals surface area contributed by atoms with Crippen molar-refractivity contribution >= 4 is 78.7 Å². The van der Waals surface area contributed by atoms with Crippen LogP contribution >= 0.6 is 0 Å². The number of rotatable bonds is 9. The summed E-state index contributed by atoms with van der Waals surface area (Å²) in [7, 11) is 0.